The fourth-order valence-electron chi connectivity index (χ4n) is 1.41. The van der Waals surface area contributed by atoms with E-state index in [0.29, 0.717) is 24.5 Å². The van der Waals surface area contributed by atoms with Crippen LogP contribution in [0.2, 0.25) is 0 Å². The van der Waals surface area contributed by atoms with E-state index in [1.807, 2.05) is 19.9 Å². The molecule has 1 aromatic heterocycles. The fourth-order valence-corrected chi connectivity index (χ4v) is 1.41. The van der Waals surface area contributed by atoms with E-state index in [1.54, 1.807) is 18.5 Å². The molecular weight excluding hydrogens is 242 g/mol. The number of carbonyl (C=O) groups is 1. The molecule has 0 spiro atoms. The minimum Gasteiger partial charge on any atom is -0.492 e. The maximum atomic E-state index is 11.7. The number of aromatic nitrogens is 1. The summed E-state index contributed by atoms with van der Waals surface area (Å²) in [4.78, 5) is 15.7. The molecule has 1 aromatic rings. The first-order valence-electron chi connectivity index (χ1n) is 6.19. The van der Waals surface area contributed by atoms with Crippen molar-refractivity contribution in [2.45, 2.75) is 20.3 Å². The maximum absolute atomic E-state index is 11.7. The van der Waals surface area contributed by atoms with E-state index in [4.69, 9.17) is 10.00 Å². The Morgan fingerprint density at radius 1 is 1.53 bits per heavy atom. The molecule has 0 aliphatic rings. The van der Waals surface area contributed by atoms with Crippen molar-refractivity contribution in [2.75, 3.05) is 13.2 Å². The first kappa shape index (κ1) is 14.7. The first-order chi connectivity index (χ1) is 9.21. The van der Waals surface area contributed by atoms with Crippen LogP contribution in [0.15, 0.2) is 24.0 Å². The third-order valence-corrected chi connectivity index (χ3v) is 2.26. The summed E-state index contributed by atoms with van der Waals surface area (Å²) in [6.45, 7) is 4.92. The first-order valence-corrected chi connectivity index (χ1v) is 6.19. The van der Waals surface area contributed by atoms with Crippen LogP contribution in [0.5, 0.6) is 5.75 Å². The highest BCUT2D eigenvalue weighted by Gasteiger charge is 2.08. The van der Waals surface area contributed by atoms with Gasteiger partial charge in [0.15, 0.2) is 0 Å². The Hall–Kier alpha value is -2.35. The van der Waals surface area contributed by atoms with Crippen molar-refractivity contribution in [2.24, 2.45) is 0 Å². The molecule has 0 aliphatic heterocycles. The monoisotopic (exact) mass is 259 g/mol. The van der Waals surface area contributed by atoms with Crippen LogP contribution in [0.25, 0.3) is 6.08 Å². The van der Waals surface area contributed by atoms with Crippen LogP contribution >= 0.6 is 0 Å². The zero-order valence-electron chi connectivity index (χ0n) is 11.1. The Labute approximate surface area is 112 Å². The number of carbonyl (C=O) groups excluding carboxylic acids is 1. The molecule has 5 nitrogen and oxygen atoms in total. The third-order valence-electron chi connectivity index (χ3n) is 2.26. The van der Waals surface area contributed by atoms with Crippen molar-refractivity contribution in [3.05, 3.63) is 29.6 Å². The van der Waals surface area contributed by atoms with Gasteiger partial charge in [0.2, 0.25) is 0 Å². The van der Waals surface area contributed by atoms with Gasteiger partial charge in [-0.25, -0.2) is 0 Å². The molecule has 0 aromatic carbocycles. The van der Waals surface area contributed by atoms with Crippen LogP contribution in [0.3, 0.4) is 0 Å². The van der Waals surface area contributed by atoms with Crippen molar-refractivity contribution in [1.29, 1.82) is 5.26 Å². The molecule has 0 bridgehead atoms. The minimum absolute atomic E-state index is 0.0592. The zero-order valence-corrected chi connectivity index (χ0v) is 11.1. The summed E-state index contributed by atoms with van der Waals surface area (Å²) < 4.78 is 5.31. The van der Waals surface area contributed by atoms with E-state index in [9.17, 15) is 4.79 Å². The lowest BCUT2D eigenvalue weighted by Crippen LogP contribution is -2.25. The number of amides is 1. The molecule has 1 N–H and O–H groups in total. The highest BCUT2D eigenvalue weighted by molar-refractivity contribution is 6.01. The van der Waals surface area contributed by atoms with E-state index in [0.717, 1.165) is 6.42 Å². The topological polar surface area (TPSA) is 75.0 Å². The Kier molecular flexibility index (Phi) is 6.10. The molecule has 19 heavy (non-hydrogen) atoms. The van der Waals surface area contributed by atoms with Gasteiger partial charge in [0.1, 0.15) is 17.4 Å². The lowest BCUT2D eigenvalue weighted by atomic mass is 10.1. The lowest BCUT2D eigenvalue weighted by Gasteiger charge is -2.04. The van der Waals surface area contributed by atoms with Gasteiger partial charge in [0.05, 0.1) is 12.8 Å². The number of hydrogen-bond acceptors (Lipinski definition) is 4. The standard InChI is InChI=1S/C14H17N3O2/c1-3-5-17-14(18)12(8-15)6-11-7-13(19-4-2)10-16-9-11/h6-7,9-10H,3-5H2,1-2H3,(H,17,18)/b12-6+. The van der Waals surface area contributed by atoms with Gasteiger partial charge in [-0.2, -0.15) is 5.26 Å². The van der Waals surface area contributed by atoms with Gasteiger partial charge in [0.25, 0.3) is 5.91 Å². The average molecular weight is 259 g/mol. The molecule has 1 amide bonds. The number of nitriles is 1. The molecule has 100 valence electrons. The molecule has 5 heteroatoms. The largest absolute Gasteiger partial charge is 0.492 e. The number of rotatable bonds is 6. The molecule has 0 saturated carbocycles. The summed E-state index contributed by atoms with van der Waals surface area (Å²) in [5.74, 6) is 0.244. The van der Waals surface area contributed by atoms with Gasteiger partial charge in [-0.1, -0.05) is 6.92 Å². The fraction of sp³-hybridized carbons (Fsp3) is 0.357. The van der Waals surface area contributed by atoms with Gasteiger partial charge >= 0.3 is 0 Å². The predicted molar refractivity (Wildman–Crippen MR) is 72.3 cm³/mol. The lowest BCUT2D eigenvalue weighted by molar-refractivity contribution is -0.117. The van der Waals surface area contributed by atoms with E-state index < -0.39 is 0 Å². The molecule has 1 rings (SSSR count). The second kappa shape index (κ2) is 7.88. The van der Waals surface area contributed by atoms with Gasteiger partial charge in [-0.15, -0.1) is 0 Å². The van der Waals surface area contributed by atoms with Crippen molar-refractivity contribution in [3.63, 3.8) is 0 Å². The Morgan fingerprint density at radius 2 is 2.32 bits per heavy atom. The van der Waals surface area contributed by atoms with Crippen LogP contribution < -0.4 is 10.1 Å². The average Bonchev–Trinajstić information content (AvgIpc) is 2.43. The normalized spacial score (nSPS) is 10.7. The van der Waals surface area contributed by atoms with E-state index in [-0.39, 0.29) is 11.5 Å². The van der Waals surface area contributed by atoms with Crippen LogP contribution in [0.1, 0.15) is 25.8 Å². The van der Waals surface area contributed by atoms with Crippen molar-refractivity contribution >= 4 is 12.0 Å². The molecular formula is C14H17N3O2. The highest BCUT2D eigenvalue weighted by Crippen LogP contribution is 2.14. The third kappa shape index (κ3) is 4.80. The smallest absolute Gasteiger partial charge is 0.261 e. The molecule has 0 saturated heterocycles. The summed E-state index contributed by atoms with van der Waals surface area (Å²) in [5, 5.41) is 11.7. The zero-order chi connectivity index (χ0) is 14.1. The molecule has 0 unspecified atom stereocenters. The summed E-state index contributed by atoms with van der Waals surface area (Å²) in [7, 11) is 0. The van der Waals surface area contributed by atoms with Gasteiger partial charge in [-0.3, -0.25) is 9.78 Å². The van der Waals surface area contributed by atoms with E-state index in [1.165, 1.54) is 6.08 Å². The van der Waals surface area contributed by atoms with E-state index in [2.05, 4.69) is 10.3 Å². The van der Waals surface area contributed by atoms with Gasteiger partial charge in [0, 0.05) is 12.7 Å². The Balaban J connectivity index is 2.88. The second-order valence-corrected chi connectivity index (χ2v) is 3.81. The SMILES string of the molecule is CCCNC(=O)/C(C#N)=C/c1cncc(OCC)c1. The number of nitrogens with one attached hydrogen (secondary N) is 1. The van der Waals surface area contributed by atoms with E-state index >= 15 is 0 Å². The van der Waals surface area contributed by atoms with Crippen LogP contribution in [0, 0.1) is 11.3 Å². The molecule has 1 heterocycles. The summed E-state index contributed by atoms with van der Waals surface area (Å²) in [6, 6.07) is 3.63. The Morgan fingerprint density at radius 3 is 2.95 bits per heavy atom. The second-order valence-electron chi connectivity index (χ2n) is 3.81. The number of nitrogens with zero attached hydrogens (tertiary/aromatic N) is 2. The maximum Gasteiger partial charge on any atom is 0.261 e. The Bertz CT molecular complexity index is 504. The van der Waals surface area contributed by atoms with Crippen molar-refractivity contribution < 1.29 is 9.53 Å². The van der Waals surface area contributed by atoms with Crippen molar-refractivity contribution in [3.8, 4) is 11.8 Å². The molecule has 0 atom stereocenters. The summed E-state index contributed by atoms with van der Waals surface area (Å²) in [5.41, 5.74) is 0.720. The van der Waals surface area contributed by atoms with Crippen LogP contribution in [-0.2, 0) is 4.79 Å². The van der Waals surface area contributed by atoms with Gasteiger partial charge < -0.3 is 10.1 Å². The van der Waals surface area contributed by atoms with Crippen LogP contribution in [0.4, 0.5) is 0 Å². The quantitative estimate of drug-likeness (QED) is 0.625. The molecule has 0 fully saturated rings. The number of hydrogen-bond donors (Lipinski definition) is 1. The predicted octanol–water partition coefficient (Wildman–Crippen LogP) is 1.91. The number of ether oxygens (including phenoxy) is 1. The summed E-state index contributed by atoms with van der Waals surface area (Å²) >= 11 is 0. The summed E-state index contributed by atoms with van der Waals surface area (Å²) in [6.07, 6.45) is 5.49. The number of pyridine rings is 1. The highest BCUT2D eigenvalue weighted by atomic mass is 16.5. The molecule has 0 radical (unpaired) electrons. The van der Waals surface area contributed by atoms with Crippen LogP contribution in [-0.4, -0.2) is 24.0 Å². The van der Waals surface area contributed by atoms with Crippen molar-refractivity contribution in [1.82, 2.24) is 10.3 Å². The molecule has 0 aliphatic carbocycles. The van der Waals surface area contributed by atoms with Gasteiger partial charge in [-0.05, 0) is 31.1 Å². The minimum atomic E-state index is -0.369.